The molecule has 0 radical (unpaired) electrons. The Morgan fingerprint density at radius 1 is 1.20 bits per heavy atom. The SMILES string of the molecule is CCCNCCC=C(C)C1CCCCC1. The molecule has 0 aromatic carbocycles. The zero-order valence-corrected chi connectivity index (χ0v) is 10.5. The summed E-state index contributed by atoms with van der Waals surface area (Å²) in [5, 5.41) is 3.45. The maximum absolute atomic E-state index is 3.45. The Bertz CT molecular complexity index is 178. The average Bonchev–Trinajstić information content (AvgIpc) is 2.30. The molecule has 0 spiro atoms. The highest BCUT2D eigenvalue weighted by Crippen LogP contribution is 2.29. The summed E-state index contributed by atoms with van der Waals surface area (Å²) in [6, 6.07) is 0. The van der Waals surface area contributed by atoms with Crippen molar-refractivity contribution in [3.63, 3.8) is 0 Å². The molecular weight excluding hydrogens is 182 g/mol. The molecule has 0 aliphatic heterocycles. The van der Waals surface area contributed by atoms with Gasteiger partial charge in [0.25, 0.3) is 0 Å². The molecule has 15 heavy (non-hydrogen) atoms. The molecular formula is C14H27N. The molecule has 0 unspecified atom stereocenters. The standard InChI is InChI=1S/C14H27N/c1-3-11-15-12-7-8-13(2)14-9-5-4-6-10-14/h8,14-15H,3-7,9-12H2,1-2H3. The summed E-state index contributed by atoms with van der Waals surface area (Å²) < 4.78 is 0. The lowest BCUT2D eigenvalue weighted by Crippen LogP contribution is -2.15. The third-order valence-corrected chi connectivity index (χ3v) is 3.46. The highest BCUT2D eigenvalue weighted by Gasteiger charge is 2.13. The van der Waals surface area contributed by atoms with E-state index in [1.54, 1.807) is 5.57 Å². The minimum absolute atomic E-state index is 0.907. The van der Waals surface area contributed by atoms with Crippen LogP contribution in [0.25, 0.3) is 0 Å². The highest BCUT2D eigenvalue weighted by atomic mass is 14.8. The van der Waals surface area contributed by atoms with E-state index < -0.39 is 0 Å². The second-order valence-electron chi connectivity index (χ2n) is 4.82. The van der Waals surface area contributed by atoms with Gasteiger partial charge >= 0.3 is 0 Å². The normalized spacial score (nSPS) is 19.5. The first-order valence-corrected chi connectivity index (χ1v) is 6.72. The van der Waals surface area contributed by atoms with Crippen LogP contribution in [0.5, 0.6) is 0 Å². The van der Waals surface area contributed by atoms with Crippen molar-refractivity contribution in [3.8, 4) is 0 Å². The molecule has 0 amide bonds. The second kappa shape index (κ2) is 7.92. The molecule has 0 aromatic heterocycles. The molecule has 0 saturated heterocycles. The van der Waals surface area contributed by atoms with Gasteiger partial charge in [-0.1, -0.05) is 37.8 Å². The van der Waals surface area contributed by atoms with Crippen LogP contribution in [0, 0.1) is 5.92 Å². The van der Waals surface area contributed by atoms with Gasteiger partial charge in [-0.3, -0.25) is 0 Å². The van der Waals surface area contributed by atoms with Crippen LogP contribution in [0.2, 0.25) is 0 Å². The van der Waals surface area contributed by atoms with E-state index in [-0.39, 0.29) is 0 Å². The van der Waals surface area contributed by atoms with Crippen LogP contribution < -0.4 is 5.32 Å². The molecule has 1 rings (SSSR count). The van der Waals surface area contributed by atoms with Crippen molar-refractivity contribution in [3.05, 3.63) is 11.6 Å². The molecule has 0 bridgehead atoms. The van der Waals surface area contributed by atoms with Gasteiger partial charge in [-0.2, -0.15) is 0 Å². The molecule has 0 heterocycles. The molecule has 1 saturated carbocycles. The van der Waals surface area contributed by atoms with Crippen molar-refractivity contribution in [1.82, 2.24) is 5.32 Å². The molecule has 0 atom stereocenters. The fourth-order valence-electron chi connectivity index (χ4n) is 2.43. The molecule has 1 nitrogen and oxygen atoms in total. The lowest BCUT2D eigenvalue weighted by Gasteiger charge is -2.22. The van der Waals surface area contributed by atoms with E-state index in [2.05, 4.69) is 25.2 Å². The van der Waals surface area contributed by atoms with Crippen LogP contribution >= 0.6 is 0 Å². The van der Waals surface area contributed by atoms with Crippen LogP contribution in [-0.2, 0) is 0 Å². The van der Waals surface area contributed by atoms with E-state index in [0.29, 0.717) is 0 Å². The van der Waals surface area contributed by atoms with E-state index in [1.165, 1.54) is 44.9 Å². The number of allylic oxidation sites excluding steroid dienone is 1. The van der Waals surface area contributed by atoms with Gasteiger partial charge < -0.3 is 5.32 Å². The predicted molar refractivity (Wildman–Crippen MR) is 68.1 cm³/mol. The summed E-state index contributed by atoms with van der Waals surface area (Å²) >= 11 is 0. The summed E-state index contributed by atoms with van der Waals surface area (Å²) in [5.41, 5.74) is 1.65. The topological polar surface area (TPSA) is 12.0 Å². The zero-order chi connectivity index (χ0) is 10.9. The number of nitrogens with one attached hydrogen (secondary N) is 1. The largest absolute Gasteiger partial charge is 0.316 e. The van der Waals surface area contributed by atoms with Gasteiger partial charge in [0.15, 0.2) is 0 Å². The lowest BCUT2D eigenvalue weighted by molar-refractivity contribution is 0.402. The molecule has 1 fully saturated rings. The average molecular weight is 209 g/mol. The van der Waals surface area contributed by atoms with E-state index in [4.69, 9.17) is 0 Å². The minimum Gasteiger partial charge on any atom is -0.316 e. The first-order valence-electron chi connectivity index (χ1n) is 6.72. The fourth-order valence-corrected chi connectivity index (χ4v) is 2.43. The third-order valence-electron chi connectivity index (χ3n) is 3.46. The number of hydrogen-bond donors (Lipinski definition) is 1. The van der Waals surface area contributed by atoms with E-state index >= 15 is 0 Å². The van der Waals surface area contributed by atoms with Crippen LogP contribution in [0.1, 0.15) is 58.8 Å². The molecule has 0 aromatic rings. The quantitative estimate of drug-likeness (QED) is 0.517. The van der Waals surface area contributed by atoms with Crippen LogP contribution in [0.15, 0.2) is 11.6 Å². The van der Waals surface area contributed by atoms with Crippen LogP contribution in [-0.4, -0.2) is 13.1 Å². The first kappa shape index (κ1) is 12.8. The Morgan fingerprint density at radius 2 is 1.93 bits per heavy atom. The van der Waals surface area contributed by atoms with Crippen molar-refractivity contribution in [2.24, 2.45) is 5.92 Å². The summed E-state index contributed by atoms with van der Waals surface area (Å²) in [7, 11) is 0. The molecule has 1 heteroatoms. The predicted octanol–water partition coefficient (Wildman–Crippen LogP) is 3.90. The van der Waals surface area contributed by atoms with Gasteiger partial charge in [-0.15, -0.1) is 0 Å². The monoisotopic (exact) mass is 209 g/mol. The summed E-state index contributed by atoms with van der Waals surface area (Å²) in [4.78, 5) is 0. The zero-order valence-electron chi connectivity index (χ0n) is 10.5. The van der Waals surface area contributed by atoms with Gasteiger partial charge in [0.05, 0.1) is 0 Å². The Labute approximate surface area is 95.3 Å². The van der Waals surface area contributed by atoms with Crippen molar-refractivity contribution in [2.45, 2.75) is 58.8 Å². The van der Waals surface area contributed by atoms with Crippen molar-refractivity contribution < 1.29 is 0 Å². The smallest absolute Gasteiger partial charge is 0.00142 e. The van der Waals surface area contributed by atoms with Crippen molar-refractivity contribution >= 4 is 0 Å². The number of hydrogen-bond acceptors (Lipinski definition) is 1. The highest BCUT2D eigenvalue weighted by molar-refractivity contribution is 5.04. The van der Waals surface area contributed by atoms with Crippen molar-refractivity contribution in [1.29, 1.82) is 0 Å². The Balaban J connectivity index is 2.13. The fraction of sp³-hybridized carbons (Fsp3) is 0.857. The Morgan fingerprint density at radius 3 is 2.60 bits per heavy atom. The second-order valence-corrected chi connectivity index (χ2v) is 4.82. The Kier molecular flexibility index (Phi) is 6.74. The molecule has 88 valence electrons. The van der Waals surface area contributed by atoms with E-state index in [9.17, 15) is 0 Å². The van der Waals surface area contributed by atoms with Gasteiger partial charge in [-0.25, -0.2) is 0 Å². The Hall–Kier alpha value is -0.300. The van der Waals surface area contributed by atoms with Crippen LogP contribution in [0.4, 0.5) is 0 Å². The summed E-state index contributed by atoms with van der Waals surface area (Å²) in [6.45, 7) is 6.86. The summed E-state index contributed by atoms with van der Waals surface area (Å²) in [5.74, 6) is 0.907. The van der Waals surface area contributed by atoms with Gasteiger partial charge in [-0.05, 0) is 51.6 Å². The number of rotatable bonds is 6. The minimum atomic E-state index is 0.907. The lowest BCUT2D eigenvalue weighted by atomic mass is 9.84. The van der Waals surface area contributed by atoms with Crippen molar-refractivity contribution in [2.75, 3.05) is 13.1 Å². The van der Waals surface area contributed by atoms with Gasteiger partial charge in [0.2, 0.25) is 0 Å². The summed E-state index contributed by atoms with van der Waals surface area (Å²) in [6.07, 6.45) is 12.1. The molecule has 1 aliphatic rings. The molecule has 1 N–H and O–H groups in total. The van der Waals surface area contributed by atoms with Crippen LogP contribution in [0.3, 0.4) is 0 Å². The first-order chi connectivity index (χ1) is 7.34. The molecule has 1 aliphatic carbocycles. The van der Waals surface area contributed by atoms with E-state index in [0.717, 1.165) is 19.0 Å². The van der Waals surface area contributed by atoms with Gasteiger partial charge in [0.1, 0.15) is 0 Å². The third kappa shape index (κ3) is 5.36. The maximum Gasteiger partial charge on any atom is -0.00142 e. The van der Waals surface area contributed by atoms with Gasteiger partial charge in [0, 0.05) is 0 Å². The maximum atomic E-state index is 3.45. The van der Waals surface area contributed by atoms with E-state index in [1.807, 2.05) is 0 Å².